The second-order valence-electron chi connectivity index (χ2n) is 7.85. The lowest BCUT2D eigenvalue weighted by molar-refractivity contribution is 0.0390. The van der Waals surface area contributed by atoms with Gasteiger partial charge in [-0.1, -0.05) is 12.8 Å². The summed E-state index contributed by atoms with van der Waals surface area (Å²) < 4.78 is 27.4. The Morgan fingerprint density at radius 2 is 1.93 bits per heavy atom. The Hall–Kier alpha value is -1.54. The molecular formula is C19H23N3O3S2. The first-order chi connectivity index (χ1) is 13.0. The highest BCUT2D eigenvalue weighted by atomic mass is 32.2. The van der Waals surface area contributed by atoms with Crippen molar-refractivity contribution in [3.63, 3.8) is 0 Å². The van der Waals surface area contributed by atoms with Crippen LogP contribution in [0.15, 0.2) is 27.5 Å². The number of thioether (sulfide) groups is 1. The quantitative estimate of drug-likeness (QED) is 0.718. The zero-order chi connectivity index (χ0) is 18.6. The molecular weight excluding hydrogens is 382 g/mol. The lowest BCUT2D eigenvalue weighted by Crippen LogP contribution is -2.49. The van der Waals surface area contributed by atoms with Crippen LogP contribution in [0.2, 0.25) is 0 Å². The van der Waals surface area contributed by atoms with Crippen LogP contribution in [0.3, 0.4) is 0 Å². The minimum atomic E-state index is -3.36. The molecule has 2 fully saturated rings. The topological polar surface area (TPSA) is 70.0 Å². The molecule has 8 heteroatoms. The van der Waals surface area contributed by atoms with E-state index in [9.17, 15) is 13.2 Å². The van der Waals surface area contributed by atoms with Gasteiger partial charge in [0.25, 0.3) is 15.9 Å². The van der Waals surface area contributed by atoms with E-state index in [1.807, 2.05) is 23.1 Å². The van der Waals surface area contributed by atoms with E-state index >= 15 is 0 Å². The number of hydrogen-bond acceptors (Lipinski definition) is 5. The van der Waals surface area contributed by atoms with Crippen molar-refractivity contribution in [3.05, 3.63) is 23.8 Å². The molecule has 6 nitrogen and oxygen atoms in total. The van der Waals surface area contributed by atoms with E-state index in [4.69, 9.17) is 0 Å². The molecule has 0 N–H and O–H groups in total. The summed E-state index contributed by atoms with van der Waals surface area (Å²) >= 11 is 1.35. The normalized spacial score (nSPS) is 28.8. The number of amides is 1. The van der Waals surface area contributed by atoms with Crippen LogP contribution in [-0.4, -0.2) is 49.3 Å². The maximum Gasteiger partial charge on any atom is 0.257 e. The number of anilines is 1. The third-order valence-corrected chi connectivity index (χ3v) is 8.53. The molecule has 0 radical (unpaired) electrons. The minimum absolute atomic E-state index is 0.0357. The number of fused-ring (bicyclic) bond motifs is 4. The number of carbonyl (C=O) groups is 1. The van der Waals surface area contributed by atoms with Crippen molar-refractivity contribution >= 4 is 38.5 Å². The Balaban J connectivity index is 1.42. The Bertz CT molecular complexity index is 926. The monoisotopic (exact) mass is 405 g/mol. The summed E-state index contributed by atoms with van der Waals surface area (Å²) in [5, 5.41) is 0.506. The lowest BCUT2D eigenvalue weighted by Gasteiger charge is -2.44. The van der Waals surface area contributed by atoms with Gasteiger partial charge in [0.2, 0.25) is 0 Å². The van der Waals surface area contributed by atoms with Gasteiger partial charge in [-0.2, -0.15) is 0 Å². The molecule has 5 rings (SSSR count). The molecule has 1 aromatic rings. The predicted molar refractivity (Wildman–Crippen MR) is 107 cm³/mol. The van der Waals surface area contributed by atoms with Crippen LogP contribution in [-0.2, 0) is 10.0 Å². The van der Waals surface area contributed by atoms with Crippen molar-refractivity contribution in [2.75, 3.05) is 23.7 Å². The number of benzene rings is 1. The van der Waals surface area contributed by atoms with Gasteiger partial charge in [-0.15, -0.1) is 4.40 Å². The van der Waals surface area contributed by atoms with E-state index < -0.39 is 10.0 Å². The van der Waals surface area contributed by atoms with Gasteiger partial charge in [0, 0.05) is 29.6 Å². The van der Waals surface area contributed by atoms with E-state index in [1.165, 1.54) is 37.4 Å². The molecule has 0 aromatic heterocycles. The Kier molecular flexibility index (Phi) is 4.23. The molecule has 144 valence electrons. The number of sulfonamides is 1. The SMILES string of the molecule is O=C(c1ccc2c(c1)SC1=NS(=O)(=O)CCN12)N1CCC[C@@H]2CCCC[C@@H]21. The first-order valence-corrected chi connectivity index (χ1v) is 12.2. The van der Waals surface area contributed by atoms with Crippen LogP contribution in [0.5, 0.6) is 0 Å². The average Bonchev–Trinajstić information content (AvgIpc) is 3.02. The smallest absolute Gasteiger partial charge is 0.257 e. The molecule has 0 spiro atoms. The highest BCUT2D eigenvalue weighted by molar-refractivity contribution is 8.15. The molecule has 1 amide bonds. The number of amidine groups is 1. The Labute approximate surface area is 164 Å². The number of piperidine rings is 1. The third kappa shape index (κ3) is 3.06. The Morgan fingerprint density at radius 3 is 2.81 bits per heavy atom. The molecule has 4 aliphatic rings. The predicted octanol–water partition coefficient (Wildman–Crippen LogP) is 3.09. The van der Waals surface area contributed by atoms with Gasteiger partial charge in [-0.25, -0.2) is 8.42 Å². The standard InChI is InChI=1S/C19H23N3O3S2/c23-18(21-9-3-5-13-4-1-2-6-15(13)21)14-7-8-16-17(12-14)26-19-20-27(24,25)11-10-22(16)19/h7-8,12-13,15H,1-6,9-11H2/t13-,15-/m0/s1. The van der Waals surface area contributed by atoms with E-state index in [1.54, 1.807) is 0 Å². The van der Waals surface area contributed by atoms with Crippen molar-refractivity contribution in [1.29, 1.82) is 0 Å². The van der Waals surface area contributed by atoms with Gasteiger partial charge in [0.05, 0.1) is 11.4 Å². The van der Waals surface area contributed by atoms with Gasteiger partial charge in [0.15, 0.2) is 5.17 Å². The molecule has 1 saturated carbocycles. The number of hydrogen-bond donors (Lipinski definition) is 0. The molecule has 3 heterocycles. The second kappa shape index (κ2) is 6.51. The Morgan fingerprint density at radius 1 is 1.11 bits per heavy atom. The summed E-state index contributed by atoms with van der Waals surface area (Å²) in [6.45, 7) is 1.27. The number of rotatable bonds is 1. The summed E-state index contributed by atoms with van der Waals surface area (Å²) in [7, 11) is -3.36. The van der Waals surface area contributed by atoms with E-state index in [0.717, 1.165) is 30.0 Å². The summed E-state index contributed by atoms with van der Waals surface area (Å²) in [6, 6.07) is 6.14. The van der Waals surface area contributed by atoms with E-state index in [-0.39, 0.29) is 11.7 Å². The third-order valence-electron chi connectivity index (χ3n) is 6.22. The maximum atomic E-state index is 13.2. The van der Waals surface area contributed by atoms with Crippen molar-refractivity contribution in [1.82, 2.24) is 4.90 Å². The molecule has 1 saturated heterocycles. The number of nitrogens with zero attached hydrogens (tertiary/aromatic N) is 3. The second-order valence-corrected chi connectivity index (χ2v) is 10.6. The maximum absolute atomic E-state index is 13.2. The van der Waals surface area contributed by atoms with Crippen LogP contribution in [0.25, 0.3) is 0 Å². The molecule has 0 bridgehead atoms. The van der Waals surface area contributed by atoms with Crippen LogP contribution < -0.4 is 4.90 Å². The fourth-order valence-electron chi connectivity index (χ4n) is 4.91. The van der Waals surface area contributed by atoms with Gasteiger partial charge in [-0.3, -0.25) is 4.79 Å². The molecule has 1 aromatic carbocycles. The van der Waals surface area contributed by atoms with Crippen LogP contribution in [0.4, 0.5) is 5.69 Å². The number of likely N-dealkylation sites (tertiary alicyclic amines) is 1. The summed E-state index contributed by atoms with van der Waals surface area (Å²) in [4.78, 5) is 18.2. The van der Waals surface area contributed by atoms with Gasteiger partial charge < -0.3 is 9.80 Å². The summed E-state index contributed by atoms with van der Waals surface area (Å²) in [6.07, 6.45) is 7.22. The van der Waals surface area contributed by atoms with Crippen molar-refractivity contribution in [2.24, 2.45) is 10.3 Å². The molecule has 3 aliphatic heterocycles. The molecule has 0 unspecified atom stereocenters. The van der Waals surface area contributed by atoms with Crippen LogP contribution in [0.1, 0.15) is 48.9 Å². The van der Waals surface area contributed by atoms with Crippen molar-refractivity contribution < 1.29 is 13.2 Å². The first kappa shape index (κ1) is 17.6. The largest absolute Gasteiger partial charge is 0.335 e. The zero-order valence-electron chi connectivity index (χ0n) is 15.1. The molecule has 2 atom stereocenters. The average molecular weight is 406 g/mol. The van der Waals surface area contributed by atoms with Crippen molar-refractivity contribution in [2.45, 2.75) is 49.5 Å². The van der Waals surface area contributed by atoms with E-state index in [2.05, 4.69) is 9.30 Å². The molecule has 1 aliphatic carbocycles. The fraction of sp³-hybridized carbons (Fsp3) is 0.579. The zero-order valence-corrected chi connectivity index (χ0v) is 16.8. The highest BCUT2D eigenvalue weighted by Gasteiger charge is 2.37. The summed E-state index contributed by atoms with van der Waals surface area (Å²) in [5.41, 5.74) is 1.66. The lowest BCUT2D eigenvalue weighted by atomic mass is 9.78. The highest BCUT2D eigenvalue weighted by Crippen LogP contribution is 2.43. The van der Waals surface area contributed by atoms with Gasteiger partial charge >= 0.3 is 0 Å². The fourth-order valence-corrected chi connectivity index (χ4v) is 7.20. The van der Waals surface area contributed by atoms with E-state index in [0.29, 0.717) is 29.2 Å². The van der Waals surface area contributed by atoms with Gasteiger partial charge in [0.1, 0.15) is 0 Å². The summed E-state index contributed by atoms with van der Waals surface area (Å²) in [5.74, 6) is 0.817. The van der Waals surface area contributed by atoms with Crippen molar-refractivity contribution in [3.8, 4) is 0 Å². The van der Waals surface area contributed by atoms with Crippen LogP contribution >= 0.6 is 11.8 Å². The minimum Gasteiger partial charge on any atom is -0.335 e. The number of carbonyl (C=O) groups excluding carboxylic acids is 1. The molecule has 27 heavy (non-hydrogen) atoms. The first-order valence-electron chi connectivity index (χ1n) is 9.75. The van der Waals surface area contributed by atoms with Gasteiger partial charge in [-0.05, 0) is 61.6 Å². The van der Waals surface area contributed by atoms with Crippen LogP contribution in [0, 0.1) is 5.92 Å².